The van der Waals surface area contributed by atoms with E-state index in [0.29, 0.717) is 6.61 Å². The Balaban J connectivity index is 0.000000626. The van der Waals surface area contributed by atoms with Crippen LogP contribution in [-0.4, -0.2) is 42.4 Å². The molecule has 6 nitrogen and oxygen atoms in total. The van der Waals surface area contributed by atoms with Crippen molar-refractivity contribution in [2.24, 2.45) is 0 Å². The van der Waals surface area contributed by atoms with Crippen LogP contribution in [-0.2, 0) is 15.8 Å². The summed E-state index contributed by atoms with van der Waals surface area (Å²) in [5.41, 5.74) is -0.682. The minimum atomic E-state index is -4.32. The summed E-state index contributed by atoms with van der Waals surface area (Å²) in [6, 6.07) is 4.91. The smallest absolute Gasteiger partial charge is 0.416 e. The Morgan fingerprint density at radius 3 is 2.27 bits per heavy atom. The van der Waals surface area contributed by atoms with Crippen molar-refractivity contribution in [3.05, 3.63) is 29.8 Å². The zero-order valence-corrected chi connectivity index (χ0v) is 11.7. The van der Waals surface area contributed by atoms with E-state index in [9.17, 15) is 13.2 Å². The van der Waals surface area contributed by atoms with E-state index in [2.05, 4.69) is 5.32 Å². The molecule has 0 aromatic heterocycles. The first kappa shape index (κ1) is 19.7. The second-order valence-corrected chi connectivity index (χ2v) is 3.94. The molecule has 1 aromatic carbocycles. The average molecular weight is 323 g/mol. The summed E-state index contributed by atoms with van der Waals surface area (Å²) >= 11 is 0. The summed E-state index contributed by atoms with van der Waals surface area (Å²) in [5.74, 6) is -3.39. The van der Waals surface area contributed by atoms with Crippen molar-refractivity contribution in [1.29, 1.82) is 0 Å². The lowest BCUT2D eigenvalue weighted by Crippen LogP contribution is -2.12. The summed E-state index contributed by atoms with van der Waals surface area (Å²) in [6.45, 7) is 1.18. The molecule has 9 heteroatoms. The van der Waals surface area contributed by atoms with Crippen molar-refractivity contribution >= 4 is 11.9 Å². The van der Waals surface area contributed by atoms with Crippen LogP contribution in [0.15, 0.2) is 24.3 Å². The fourth-order valence-corrected chi connectivity index (χ4v) is 1.20. The van der Waals surface area contributed by atoms with E-state index in [1.165, 1.54) is 12.1 Å². The molecule has 0 saturated carbocycles. The minimum Gasteiger partial charge on any atom is -0.494 e. The first-order valence-electron chi connectivity index (χ1n) is 6.09. The standard InChI is InChI=1S/C11H14F3NO.C2H2O4/c1-15-6-3-7-16-10-5-2-4-9(8-10)11(12,13)14;3-1(4)2(5)6/h2,4-5,8,15H,3,6-7H2,1H3;(H,3,4)(H,5,6). The van der Waals surface area contributed by atoms with Gasteiger partial charge in [-0.05, 0) is 38.2 Å². The monoisotopic (exact) mass is 323 g/mol. The molecule has 0 amide bonds. The molecular formula is C13H16F3NO5. The van der Waals surface area contributed by atoms with Gasteiger partial charge in [0.15, 0.2) is 0 Å². The largest absolute Gasteiger partial charge is 0.494 e. The summed E-state index contributed by atoms with van der Waals surface area (Å²) in [7, 11) is 1.81. The van der Waals surface area contributed by atoms with Crippen LogP contribution in [0, 0.1) is 0 Å². The van der Waals surface area contributed by atoms with Gasteiger partial charge in [-0.1, -0.05) is 6.07 Å². The van der Waals surface area contributed by atoms with Gasteiger partial charge in [-0.3, -0.25) is 0 Å². The minimum absolute atomic E-state index is 0.255. The maximum Gasteiger partial charge on any atom is 0.416 e. The van der Waals surface area contributed by atoms with E-state index < -0.39 is 23.7 Å². The molecule has 0 spiro atoms. The highest BCUT2D eigenvalue weighted by Gasteiger charge is 2.30. The number of alkyl halides is 3. The quantitative estimate of drug-likeness (QED) is 0.565. The lowest BCUT2D eigenvalue weighted by atomic mass is 10.2. The molecule has 0 aliphatic carbocycles. The molecule has 0 aliphatic heterocycles. The van der Waals surface area contributed by atoms with E-state index >= 15 is 0 Å². The highest BCUT2D eigenvalue weighted by Crippen LogP contribution is 2.31. The van der Waals surface area contributed by atoms with Crippen molar-refractivity contribution in [3.8, 4) is 5.75 Å². The van der Waals surface area contributed by atoms with E-state index in [-0.39, 0.29) is 5.75 Å². The average Bonchev–Trinajstić information content (AvgIpc) is 2.43. The molecule has 22 heavy (non-hydrogen) atoms. The molecule has 0 atom stereocenters. The first-order valence-corrected chi connectivity index (χ1v) is 6.09. The van der Waals surface area contributed by atoms with Gasteiger partial charge in [0.25, 0.3) is 0 Å². The van der Waals surface area contributed by atoms with E-state index in [1.54, 1.807) is 0 Å². The fourth-order valence-electron chi connectivity index (χ4n) is 1.20. The van der Waals surface area contributed by atoms with Crippen LogP contribution < -0.4 is 10.1 Å². The predicted molar refractivity (Wildman–Crippen MR) is 70.8 cm³/mol. The number of halogens is 3. The Labute approximate surface area is 124 Å². The maximum absolute atomic E-state index is 12.3. The Morgan fingerprint density at radius 2 is 1.82 bits per heavy atom. The van der Waals surface area contributed by atoms with Crippen molar-refractivity contribution in [2.45, 2.75) is 12.6 Å². The molecule has 1 aromatic rings. The van der Waals surface area contributed by atoms with Gasteiger partial charge in [0, 0.05) is 0 Å². The van der Waals surface area contributed by atoms with Crippen LogP contribution in [0.2, 0.25) is 0 Å². The highest BCUT2D eigenvalue weighted by molar-refractivity contribution is 6.27. The number of carboxylic acid groups (broad SMARTS) is 2. The second kappa shape index (κ2) is 9.61. The summed E-state index contributed by atoms with van der Waals surface area (Å²) in [4.78, 5) is 18.2. The fraction of sp³-hybridized carbons (Fsp3) is 0.385. The van der Waals surface area contributed by atoms with Crippen molar-refractivity contribution in [3.63, 3.8) is 0 Å². The van der Waals surface area contributed by atoms with Crippen LogP contribution >= 0.6 is 0 Å². The van der Waals surface area contributed by atoms with Gasteiger partial charge in [0.05, 0.1) is 12.2 Å². The van der Waals surface area contributed by atoms with Crippen molar-refractivity contribution in [1.82, 2.24) is 5.32 Å². The molecule has 0 fully saturated rings. The number of carbonyl (C=O) groups is 2. The van der Waals surface area contributed by atoms with E-state index in [1.807, 2.05) is 7.05 Å². The molecule has 0 bridgehead atoms. The van der Waals surface area contributed by atoms with E-state index in [0.717, 1.165) is 25.1 Å². The molecule has 124 valence electrons. The lowest BCUT2D eigenvalue weighted by molar-refractivity contribution is -0.159. The number of aliphatic carboxylic acids is 2. The van der Waals surface area contributed by atoms with Crippen LogP contribution in [0.4, 0.5) is 13.2 Å². The third-order valence-corrected chi connectivity index (χ3v) is 2.18. The number of benzene rings is 1. The number of hydrogen-bond acceptors (Lipinski definition) is 4. The molecule has 0 saturated heterocycles. The number of carboxylic acids is 2. The van der Waals surface area contributed by atoms with Gasteiger partial charge < -0.3 is 20.3 Å². The van der Waals surface area contributed by atoms with Crippen LogP contribution in [0.5, 0.6) is 5.75 Å². The van der Waals surface area contributed by atoms with Gasteiger partial charge in [0.2, 0.25) is 0 Å². The SMILES string of the molecule is CNCCCOc1cccc(C(F)(F)F)c1.O=C(O)C(=O)O. The van der Waals surface area contributed by atoms with Crippen molar-refractivity contribution in [2.75, 3.05) is 20.2 Å². The van der Waals surface area contributed by atoms with Gasteiger partial charge in [-0.15, -0.1) is 0 Å². The van der Waals surface area contributed by atoms with Crippen molar-refractivity contribution < 1.29 is 37.7 Å². The van der Waals surface area contributed by atoms with Crippen LogP contribution in [0.3, 0.4) is 0 Å². The lowest BCUT2D eigenvalue weighted by Gasteiger charge is -2.10. The van der Waals surface area contributed by atoms with Crippen LogP contribution in [0.25, 0.3) is 0 Å². The van der Waals surface area contributed by atoms with E-state index in [4.69, 9.17) is 24.5 Å². The summed E-state index contributed by atoms with van der Waals surface area (Å²) < 4.78 is 42.2. The number of hydrogen-bond donors (Lipinski definition) is 3. The molecule has 0 unspecified atom stereocenters. The number of nitrogens with one attached hydrogen (secondary N) is 1. The zero-order chi connectivity index (χ0) is 17.2. The van der Waals surface area contributed by atoms with Gasteiger partial charge in [0.1, 0.15) is 5.75 Å². The van der Waals surface area contributed by atoms with Gasteiger partial charge in [-0.2, -0.15) is 13.2 Å². The molecular weight excluding hydrogens is 307 g/mol. The molecule has 0 aliphatic rings. The Bertz CT molecular complexity index is 479. The molecule has 0 radical (unpaired) electrons. The summed E-state index contributed by atoms with van der Waals surface area (Å²) in [6.07, 6.45) is -3.56. The Hall–Kier alpha value is -2.29. The number of ether oxygens (including phenoxy) is 1. The molecule has 0 heterocycles. The Kier molecular flexibility index (Phi) is 8.61. The summed E-state index contributed by atoms with van der Waals surface area (Å²) in [5, 5.41) is 17.7. The maximum atomic E-state index is 12.3. The van der Waals surface area contributed by atoms with Gasteiger partial charge >= 0.3 is 18.1 Å². The Morgan fingerprint density at radius 1 is 1.23 bits per heavy atom. The predicted octanol–water partition coefficient (Wildman–Crippen LogP) is 1.85. The van der Waals surface area contributed by atoms with Crippen LogP contribution in [0.1, 0.15) is 12.0 Å². The number of rotatable bonds is 5. The first-order chi connectivity index (χ1) is 10.2. The zero-order valence-electron chi connectivity index (χ0n) is 11.7. The second-order valence-electron chi connectivity index (χ2n) is 3.94. The highest BCUT2D eigenvalue weighted by atomic mass is 19.4. The molecule has 3 N–H and O–H groups in total. The topological polar surface area (TPSA) is 95.9 Å². The third kappa shape index (κ3) is 8.80. The van der Waals surface area contributed by atoms with Gasteiger partial charge in [-0.25, -0.2) is 9.59 Å². The normalized spacial score (nSPS) is 10.4. The third-order valence-electron chi connectivity index (χ3n) is 2.18. The molecule has 1 rings (SSSR count).